The first-order valence-corrected chi connectivity index (χ1v) is 17.4. The van der Waals surface area contributed by atoms with Crippen molar-refractivity contribution in [1.29, 1.82) is 0 Å². The molecule has 0 aliphatic carbocycles. The van der Waals surface area contributed by atoms with Gasteiger partial charge < -0.3 is 15.1 Å². The van der Waals surface area contributed by atoms with Crippen LogP contribution in [0.15, 0.2) is 53.5 Å². The van der Waals surface area contributed by atoms with Crippen molar-refractivity contribution in [3.05, 3.63) is 70.8 Å². The molecule has 2 amide bonds. The molecule has 1 N–H and O–H groups in total. The molecule has 0 aromatic heterocycles. The van der Waals surface area contributed by atoms with Crippen LogP contribution in [0.3, 0.4) is 0 Å². The normalized spacial score (nSPS) is 25.5. The first kappa shape index (κ1) is 31.0. The van der Waals surface area contributed by atoms with Crippen LogP contribution < -0.4 is 5.32 Å². The molecule has 3 atom stereocenters. The Hall–Kier alpha value is -2.99. The van der Waals surface area contributed by atoms with Gasteiger partial charge in [-0.2, -0.15) is 0 Å². The van der Waals surface area contributed by atoms with Crippen LogP contribution in [-0.4, -0.2) is 66.6 Å². The first-order valence-electron chi connectivity index (χ1n) is 17.4. The van der Waals surface area contributed by atoms with Crippen LogP contribution in [-0.2, 0) is 9.59 Å². The third-order valence-corrected chi connectivity index (χ3v) is 11.0. The van der Waals surface area contributed by atoms with Crippen molar-refractivity contribution in [2.24, 2.45) is 16.8 Å². The molecule has 0 bridgehead atoms. The molecule has 6 rings (SSSR count). The van der Waals surface area contributed by atoms with Crippen LogP contribution in [0.4, 0.5) is 0 Å². The van der Waals surface area contributed by atoms with E-state index in [9.17, 15) is 9.59 Å². The molecule has 6 heteroatoms. The molecule has 6 nitrogen and oxygen atoms in total. The van der Waals surface area contributed by atoms with E-state index in [1.165, 1.54) is 40.8 Å². The number of piperidine rings is 3. The third kappa shape index (κ3) is 7.62. The molecular formula is C38H52N4O2. The van der Waals surface area contributed by atoms with Gasteiger partial charge in [0.1, 0.15) is 0 Å². The summed E-state index contributed by atoms with van der Waals surface area (Å²) in [6.45, 7) is 9.40. The van der Waals surface area contributed by atoms with Crippen LogP contribution in [0.25, 0.3) is 0 Å². The lowest BCUT2D eigenvalue weighted by molar-refractivity contribution is -0.132. The lowest BCUT2D eigenvalue weighted by Gasteiger charge is -2.34. The molecule has 236 valence electrons. The standard InChI is InChI=1S/C38H52N4O2/c1-27-9-12-36(39-25-27)34-7-3-6-33(23-34)31-17-21-42(22-18-31)38(44)14-11-29-10-13-37(40-26-29)35-8-4-5-32(24-35)30-15-19-41(20-16-30)28(2)43/h3-8,23-24,27,29-31,37,40H,9-22,25-26H2,1-2H3. The molecule has 0 saturated carbocycles. The predicted molar refractivity (Wildman–Crippen MR) is 178 cm³/mol. The van der Waals surface area contributed by atoms with Crippen molar-refractivity contribution in [3.8, 4) is 0 Å². The van der Waals surface area contributed by atoms with Gasteiger partial charge in [-0.25, -0.2) is 0 Å². The summed E-state index contributed by atoms with van der Waals surface area (Å²) in [7, 11) is 0. The Labute approximate surface area is 264 Å². The summed E-state index contributed by atoms with van der Waals surface area (Å²) in [6, 6.07) is 18.6. The minimum atomic E-state index is 0.196. The lowest BCUT2D eigenvalue weighted by atomic mass is 9.85. The van der Waals surface area contributed by atoms with E-state index in [1.807, 2.05) is 4.90 Å². The largest absolute Gasteiger partial charge is 0.343 e. The van der Waals surface area contributed by atoms with E-state index in [0.29, 0.717) is 42.0 Å². The fourth-order valence-electron chi connectivity index (χ4n) is 7.98. The number of carbonyl (C=O) groups excluding carboxylic acids is 2. The maximum Gasteiger partial charge on any atom is 0.222 e. The monoisotopic (exact) mass is 596 g/mol. The highest BCUT2D eigenvalue weighted by Gasteiger charge is 2.28. The summed E-state index contributed by atoms with van der Waals surface area (Å²) in [6.07, 6.45) is 10.5. The zero-order valence-electron chi connectivity index (χ0n) is 27.0. The van der Waals surface area contributed by atoms with Crippen molar-refractivity contribution in [3.63, 3.8) is 0 Å². The molecule has 4 heterocycles. The van der Waals surface area contributed by atoms with Gasteiger partial charge in [-0.05, 0) is 116 Å². The third-order valence-electron chi connectivity index (χ3n) is 11.0. The van der Waals surface area contributed by atoms with Crippen LogP contribution in [0.2, 0.25) is 0 Å². The Morgan fingerprint density at radius 1 is 0.818 bits per heavy atom. The summed E-state index contributed by atoms with van der Waals surface area (Å²) in [5, 5.41) is 3.81. The van der Waals surface area contributed by atoms with Crippen LogP contribution in [0, 0.1) is 11.8 Å². The molecule has 0 radical (unpaired) electrons. The zero-order valence-corrected chi connectivity index (χ0v) is 27.0. The average Bonchev–Trinajstić information content (AvgIpc) is 3.08. The highest BCUT2D eigenvalue weighted by Crippen LogP contribution is 2.34. The van der Waals surface area contributed by atoms with Crippen LogP contribution in [0.1, 0.15) is 118 Å². The summed E-state index contributed by atoms with van der Waals surface area (Å²) >= 11 is 0. The Morgan fingerprint density at radius 3 is 2.11 bits per heavy atom. The molecule has 44 heavy (non-hydrogen) atoms. The van der Waals surface area contributed by atoms with E-state index >= 15 is 0 Å². The molecule has 4 aliphatic rings. The smallest absolute Gasteiger partial charge is 0.222 e. The molecule has 3 saturated heterocycles. The van der Waals surface area contributed by atoms with Crippen molar-refractivity contribution in [2.75, 3.05) is 39.3 Å². The highest BCUT2D eigenvalue weighted by molar-refractivity contribution is 6.01. The van der Waals surface area contributed by atoms with Gasteiger partial charge in [0.2, 0.25) is 11.8 Å². The Kier molecular flexibility index (Phi) is 10.2. The quantitative estimate of drug-likeness (QED) is 0.380. The molecule has 3 fully saturated rings. The van der Waals surface area contributed by atoms with E-state index < -0.39 is 0 Å². The van der Waals surface area contributed by atoms with E-state index in [4.69, 9.17) is 4.99 Å². The van der Waals surface area contributed by atoms with Gasteiger partial charge >= 0.3 is 0 Å². The SMILES string of the molecule is CC(=O)N1CCC(c2cccc(C3CCC(CCC(=O)N4CCC(c5cccc(C6=NCC(C)CC6)c5)CC4)CN3)c2)CC1. The Balaban J connectivity index is 0.925. The number of rotatable bonds is 7. The first-order chi connectivity index (χ1) is 21.4. The number of likely N-dealkylation sites (tertiary alicyclic amines) is 2. The average molecular weight is 597 g/mol. The van der Waals surface area contributed by atoms with Crippen LogP contribution in [0.5, 0.6) is 0 Å². The summed E-state index contributed by atoms with van der Waals surface area (Å²) in [5.41, 5.74) is 6.81. The second kappa shape index (κ2) is 14.4. The fraction of sp³-hybridized carbons (Fsp3) is 0.605. The summed E-state index contributed by atoms with van der Waals surface area (Å²) in [4.78, 5) is 33.8. The summed E-state index contributed by atoms with van der Waals surface area (Å²) in [5.74, 6) is 2.89. The number of aliphatic imine (C=N–C) groups is 1. The van der Waals surface area contributed by atoms with E-state index in [2.05, 4.69) is 65.7 Å². The number of benzene rings is 2. The maximum atomic E-state index is 13.2. The van der Waals surface area contributed by atoms with Gasteiger partial charge in [0.15, 0.2) is 0 Å². The second-order valence-corrected chi connectivity index (χ2v) is 14.1. The highest BCUT2D eigenvalue weighted by atomic mass is 16.2. The van der Waals surface area contributed by atoms with Gasteiger partial charge in [0.25, 0.3) is 0 Å². The molecular weight excluding hydrogens is 544 g/mol. The number of amides is 2. The minimum Gasteiger partial charge on any atom is -0.343 e. The Bertz CT molecular complexity index is 1310. The number of carbonyl (C=O) groups is 2. The molecule has 3 unspecified atom stereocenters. The predicted octanol–water partition coefficient (Wildman–Crippen LogP) is 6.86. The maximum absolute atomic E-state index is 13.2. The number of nitrogens with one attached hydrogen (secondary N) is 1. The summed E-state index contributed by atoms with van der Waals surface area (Å²) < 4.78 is 0. The zero-order chi connectivity index (χ0) is 30.5. The van der Waals surface area contributed by atoms with Gasteiger partial charge in [0.05, 0.1) is 0 Å². The van der Waals surface area contributed by atoms with E-state index in [1.54, 1.807) is 6.92 Å². The van der Waals surface area contributed by atoms with Crippen LogP contribution >= 0.6 is 0 Å². The Morgan fingerprint density at radius 2 is 1.48 bits per heavy atom. The number of hydrogen-bond donors (Lipinski definition) is 1. The van der Waals surface area contributed by atoms with Crippen molar-refractivity contribution in [2.45, 2.75) is 95.9 Å². The van der Waals surface area contributed by atoms with E-state index in [-0.39, 0.29) is 5.91 Å². The fourth-order valence-corrected chi connectivity index (χ4v) is 7.98. The van der Waals surface area contributed by atoms with Gasteiger partial charge in [-0.1, -0.05) is 49.4 Å². The van der Waals surface area contributed by atoms with Gasteiger partial charge in [-0.3, -0.25) is 14.6 Å². The molecule has 2 aromatic carbocycles. The van der Waals surface area contributed by atoms with Gasteiger partial charge in [0, 0.05) is 57.8 Å². The number of hydrogen-bond acceptors (Lipinski definition) is 4. The lowest BCUT2D eigenvalue weighted by Crippen LogP contribution is -2.39. The van der Waals surface area contributed by atoms with Crippen molar-refractivity contribution < 1.29 is 9.59 Å². The topological polar surface area (TPSA) is 65.0 Å². The van der Waals surface area contributed by atoms with E-state index in [0.717, 1.165) is 84.2 Å². The molecule has 0 spiro atoms. The van der Waals surface area contributed by atoms with Crippen molar-refractivity contribution in [1.82, 2.24) is 15.1 Å². The molecule has 4 aliphatic heterocycles. The number of nitrogens with zero attached hydrogens (tertiary/aromatic N) is 3. The molecule has 2 aromatic rings. The van der Waals surface area contributed by atoms with Crippen molar-refractivity contribution >= 4 is 17.5 Å². The van der Waals surface area contributed by atoms with Gasteiger partial charge in [-0.15, -0.1) is 0 Å². The second-order valence-electron chi connectivity index (χ2n) is 14.1. The minimum absolute atomic E-state index is 0.196.